The highest BCUT2D eigenvalue weighted by atomic mass is 16.2. The Labute approximate surface area is 151 Å². The zero-order valence-electron chi connectivity index (χ0n) is 14.8. The van der Waals surface area contributed by atoms with Crippen molar-refractivity contribution in [2.24, 2.45) is 0 Å². The van der Waals surface area contributed by atoms with Crippen molar-refractivity contribution in [3.05, 3.63) is 30.6 Å². The quantitative estimate of drug-likeness (QED) is 0.807. The number of nitrogens with zero attached hydrogens (tertiary/aromatic N) is 5. The van der Waals surface area contributed by atoms with Crippen LogP contribution < -0.4 is 10.6 Å². The monoisotopic (exact) mass is 357 g/mol. The molecule has 2 aromatic rings. The second-order valence-corrected chi connectivity index (χ2v) is 6.42. The molecule has 9 nitrogen and oxygen atoms in total. The van der Waals surface area contributed by atoms with Crippen molar-refractivity contribution < 1.29 is 9.59 Å². The van der Waals surface area contributed by atoms with E-state index < -0.39 is 6.04 Å². The van der Waals surface area contributed by atoms with E-state index in [9.17, 15) is 9.59 Å². The Morgan fingerprint density at radius 1 is 1.08 bits per heavy atom. The van der Waals surface area contributed by atoms with Crippen LogP contribution >= 0.6 is 0 Å². The first-order valence-electron chi connectivity index (χ1n) is 8.77. The third kappa shape index (κ3) is 4.85. The second-order valence-electron chi connectivity index (χ2n) is 6.42. The normalized spacial score (nSPS) is 16.0. The lowest BCUT2D eigenvalue weighted by Crippen LogP contribution is -2.36. The number of carbonyl (C=O) groups excluding carboxylic acids is 2. The summed E-state index contributed by atoms with van der Waals surface area (Å²) in [6.45, 7) is 4.10. The average molecular weight is 357 g/mol. The fourth-order valence-electron chi connectivity index (χ4n) is 2.87. The summed E-state index contributed by atoms with van der Waals surface area (Å²) in [5, 5.41) is 16.5. The lowest BCUT2D eigenvalue weighted by atomic mass is 10.1. The molecule has 0 saturated carbocycles. The number of amides is 2. The summed E-state index contributed by atoms with van der Waals surface area (Å²) >= 11 is 0. The zero-order chi connectivity index (χ0) is 18.4. The van der Waals surface area contributed by atoms with E-state index in [-0.39, 0.29) is 11.8 Å². The Bertz CT molecular complexity index is 724. The minimum Gasteiger partial charge on any atom is -0.325 e. The summed E-state index contributed by atoms with van der Waals surface area (Å²) in [5.41, 5.74) is 1.35. The van der Waals surface area contributed by atoms with Gasteiger partial charge in [0.1, 0.15) is 12.4 Å². The fourth-order valence-corrected chi connectivity index (χ4v) is 2.87. The number of piperidine rings is 1. The van der Waals surface area contributed by atoms with E-state index >= 15 is 0 Å². The van der Waals surface area contributed by atoms with Crippen LogP contribution in [0.2, 0.25) is 0 Å². The van der Waals surface area contributed by atoms with Crippen LogP contribution in [0.5, 0.6) is 0 Å². The molecule has 1 aromatic heterocycles. The second kappa shape index (κ2) is 8.52. The van der Waals surface area contributed by atoms with Crippen LogP contribution in [-0.4, -0.2) is 56.6 Å². The summed E-state index contributed by atoms with van der Waals surface area (Å²) in [6, 6.07) is 6.52. The number of carbonyl (C=O) groups is 2. The van der Waals surface area contributed by atoms with Crippen molar-refractivity contribution in [1.29, 1.82) is 0 Å². The van der Waals surface area contributed by atoms with Gasteiger partial charge in [0.05, 0.1) is 6.54 Å². The van der Waals surface area contributed by atoms with Gasteiger partial charge < -0.3 is 10.6 Å². The Morgan fingerprint density at radius 2 is 1.73 bits per heavy atom. The van der Waals surface area contributed by atoms with Crippen LogP contribution in [0.4, 0.5) is 11.4 Å². The molecule has 1 aromatic carbocycles. The lowest BCUT2D eigenvalue weighted by Gasteiger charge is -2.25. The predicted molar refractivity (Wildman–Crippen MR) is 96.5 cm³/mol. The first-order valence-corrected chi connectivity index (χ1v) is 8.77. The third-order valence-electron chi connectivity index (χ3n) is 4.39. The van der Waals surface area contributed by atoms with Gasteiger partial charge in [0.15, 0.2) is 0 Å². The van der Waals surface area contributed by atoms with Crippen molar-refractivity contribution in [1.82, 2.24) is 25.1 Å². The number of anilines is 2. The molecule has 1 aliphatic heterocycles. The Kier molecular flexibility index (Phi) is 5.90. The predicted octanol–water partition coefficient (Wildman–Crippen LogP) is 1.30. The molecule has 0 radical (unpaired) electrons. The molecule has 1 unspecified atom stereocenters. The molecule has 0 spiro atoms. The van der Waals surface area contributed by atoms with Gasteiger partial charge in [-0.15, -0.1) is 5.10 Å². The van der Waals surface area contributed by atoms with Gasteiger partial charge in [-0.25, -0.2) is 4.68 Å². The lowest BCUT2D eigenvalue weighted by molar-refractivity contribution is -0.119. The largest absolute Gasteiger partial charge is 0.325 e. The van der Waals surface area contributed by atoms with E-state index in [4.69, 9.17) is 0 Å². The minimum atomic E-state index is -0.520. The topological polar surface area (TPSA) is 105 Å². The first-order chi connectivity index (χ1) is 12.6. The van der Waals surface area contributed by atoms with Crippen molar-refractivity contribution in [2.75, 3.05) is 30.3 Å². The molecule has 1 aliphatic rings. The smallest absolute Gasteiger partial charge is 0.249 e. The molecular formula is C17H23N7O2. The van der Waals surface area contributed by atoms with Gasteiger partial charge in [-0.1, -0.05) is 6.42 Å². The van der Waals surface area contributed by atoms with Gasteiger partial charge in [0.25, 0.3) is 0 Å². The van der Waals surface area contributed by atoms with Crippen LogP contribution in [0.1, 0.15) is 32.2 Å². The fraction of sp³-hybridized carbons (Fsp3) is 0.471. The molecule has 0 aliphatic carbocycles. The Morgan fingerprint density at radius 3 is 2.35 bits per heavy atom. The SMILES string of the molecule is CC(C(=O)Nc1ccc(NC(=O)CN2CCCCC2)cc1)n1cnnn1. The summed E-state index contributed by atoms with van der Waals surface area (Å²) < 4.78 is 1.38. The number of likely N-dealkylation sites (tertiary alicyclic amines) is 1. The van der Waals surface area contributed by atoms with Crippen molar-refractivity contribution >= 4 is 23.2 Å². The maximum absolute atomic E-state index is 12.2. The van der Waals surface area contributed by atoms with E-state index in [0.29, 0.717) is 17.9 Å². The Balaban J connectivity index is 1.49. The van der Waals surface area contributed by atoms with E-state index in [0.717, 1.165) is 25.9 Å². The standard InChI is InChI=1S/C17H23N7O2/c1-13(24-12-18-21-22-24)17(26)20-15-7-5-14(6-8-15)19-16(25)11-23-9-3-2-4-10-23/h5-8,12-13H,2-4,9-11H2,1H3,(H,19,25)(H,20,26). The van der Waals surface area contributed by atoms with E-state index in [2.05, 4.69) is 31.1 Å². The summed E-state index contributed by atoms with van der Waals surface area (Å²) in [7, 11) is 0. The molecule has 1 fully saturated rings. The average Bonchev–Trinajstić information content (AvgIpc) is 3.18. The molecule has 3 rings (SSSR count). The highest BCUT2D eigenvalue weighted by molar-refractivity contribution is 5.95. The molecule has 138 valence electrons. The number of rotatable bonds is 6. The molecule has 9 heteroatoms. The van der Waals surface area contributed by atoms with E-state index in [1.54, 1.807) is 31.2 Å². The molecule has 2 heterocycles. The molecule has 26 heavy (non-hydrogen) atoms. The van der Waals surface area contributed by atoms with Crippen LogP contribution in [0, 0.1) is 0 Å². The number of aromatic nitrogens is 4. The number of hydrogen-bond acceptors (Lipinski definition) is 6. The van der Waals surface area contributed by atoms with Gasteiger partial charge in [-0.2, -0.15) is 0 Å². The van der Waals surface area contributed by atoms with Gasteiger partial charge in [-0.3, -0.25) is 14.5 Å². The summed E-state index contributed by atoms with van der Waals surface area (Å²) in [4.78, 5) is 26.5. The third-order valence-corrected chi connectivity index (χ3v) is 4.39. The van der Waals surface area contributed by atoms with Crippen LogP contribution in [0.3, 0.4) is 0 Å². The minimum absolute atomic E-state index is 0.0176. The van der Waals surface area contributed by atoms with Crippen molar-refractivity contribution in [2.45, 2.75) is 32.2 Å². The summed E-state index contributed by atoms with van der Waals surface area (Å²) in [6.07, 6.45) is 4.96. The van der Waals surface area contributed by atoms with Crippen LogP contribution in [0.25, 0.3) is 0 Å². The van der Waals surface area contributed by atoms with Gasteiger partial charge in [0.2, 0.25) is 11.8 Å². The molecule has 2 amide bonds. The van der Waals surface area contributed by atoms with Crippen LogP contribution in [0.15, 0.2) is 30.6 Å². The van der Waals surface area contributed by atoms with Gasteiger partial charge >= 0.3 is 0 Å². The molecule has 1 saturated heterocycles. The Hall–Kier alpha value is -2.81. The zero-order valence-corrected chi connectivity index (χ0v) is 14.8. The maximum atomic E-state index is 12.2. The van der Waals surface area contributed by atoms with Gasteiger partial charge in [-0.05, 0) is 67.5 Å². The van der Waals surface area contributed by atoms with E-state index in [1.165, 1.54) is 17.4 Å². The molecule has 2 N–H and O–H groups in total. The highest BCUT2D eigenvalue weighted by Crippen LogP contribution is 2.16. The van der Waals surface area contributed by atoms with Gasteiger partial charge in [0, 0.05) is 11.4 Å². The molecule has 0 bridgehead atoms. The number of benzene rings is 1. The van der Waals surface area contributed by atoms with Crippen LogP contribution in [-0.2, 0) is 9.59 Å². The number of hydrogen-bond donors (Lipinski definition) is 2. The van der Waals surface area contributed by atoms with E-state index in [1.807, 2.05) is 0 Å². The molecular weight excluding hydrogens is 334 g/mol. The van der Waals surface area contributed by atoms with Crippen molar-refractivity contribution in [3.8, 4) is 0 Å². The number of nitrogens with one attached hydrogen (secondary N) is 2. The molecule has 1 atom stereocenters. The first kappa shape index (κ1) is 18.0. The van der Waals surface area contributed by atoms with Crippen molar-refractivity contribution in [3.63, 3.8) is 0 Å². The highest BCUT2D eigenvalue weighted by Gasteiger charge is 2.16. The summed E-state index contributed by atoms with van der Waals surface area (Å²) in [5.74, 6) is -0.241. The number of tetrazole rings is 1. The maximum Gasteiger partial charge on any atom is 0.249 e.